The minimum Gasteiger partial charge on any atom is -0.391 e. The van der Waals surface area contributed by atoms with Crippen molar-refractivity contribution in [2.75, 3.05) is 26.2 Å². The number of β-amino-alcohol motifs (C(OH)–C–C–N with tert-alkyl or cyclic N) is 1. The Morgan fingerprint density at radius 3 is 2.48 bits per heavy atom. The molecule has 8 nitrogen and oxygen atoms in total. The predicted octanol–water partition coefficient (Wildman–Crippen LogP) is 0.210. The third-order valence-electron chi connectivity index (χ3n) is 6.48. The summed E-state index contributed by atoms with van der Waals surface area (Å²) in [5.74, 6) is -0.177. The summed E-state index contributed by atoms with van der Waals surface area (Å²) in [4.78, 5) is 38.5. The van der Waals surface area contributed by atoms with E-state index in [1.807, 2.05) is 0 Å². The van der Waals surface area contributed by atoms with E-state index in [4.69, 9.17) is 0 Å². The fourth-order valence-electron chi connectivity index (χ4n) is 4.51. The van der Waals surface area contributed by atoms with Crippen molar-refractivity contribution in [1.29, 1.82) is 0 Å². The van der Waals surface area contributed by atoms with Gasteiger partial charge in [0.1, 0.15) is 12.1 Å². The van der Waals surface area contributed by atoms with Crippen molar-refractivity contribution in [3.05, 3.63) is 0 Å². The van der Waals surface area contributed by atoms with Crippen molar-refractivity contribution in [2.24, 2.45) is 17.3 Å². The highest BCUT2D eigenvalue weighted by molar-refractivity contribution is 6.09. The minimum atomic E-state index is -0.843. The molecule has 3 rings (SSSR count). The highest BCUT2D eigenvalue weighted by Crippen LogP contribution is 2.43. The molecule has 2 unspecified atom stereocenters. The Morgan fingerprint density at radius 1 is 1.26 bits per heavy atom. The van der Waals surface area contributed by atoms with E-state index in [2.05, 4.69) is 36.7 Å². The van der Waals surface area contributed by atoms with Crippen molar-refractivity contribution in [3.63, 3.8) is 0 Å². The molecule has 0 bridgehead atoms. The van der Waals surface area contributed by atoms with E-state index in [9.17, 15) is 19.5 Å². The molecular weight excluding hydrogens is 348 g/mol. The predicted molar refractivity (Wildman–Crippen MR) is 99.8 cm³/mol. The van der Waals surface area contributed by atoms with Gasteiger partial charge in [-0.2, -0.15) is 0 Å². The highest BCUT2D eigenvalue weighted by atomic mass is 16.3. The maximum atomic E-state index is 12.9. The lowest BCUT2D eigenvalue weighted by Crippen LogP contribution is -2.51. The standard InChI is InChI=1S/C19H32N4O4/c1-18(2,3)13-4-6-19(7-5-13)16(26)23(17(27)22-19)11-15(25)21-9-12-8-20-10-14(12)24/h12-14,20,24H,4-11H2,1-3H3,(H,21,25)(H,22,27). The van der Waals surface area contributed by atoms with Gasteiger partial charge >= 0.3 is 6.03 Å². The Morgan fingerprint density at radius 2 is 1.93 bits per heavy atom. The minimum absolute atomic E-state index is 0.0453. The molecule has 1 aliphatic carbocycles. The summed E-state index contributed by atoms with van der Waals surface area (Å²) < 4.78 is 0. The first-order chi connectivity index (χ1) is 12.6. The Balaban J connectivity index is 1.54. The Labute approximate surface area is 160 Å². The van der Waals surface area contributed by atoms with E-state index in [1.54, 1.807) is 0 Å². The summed E-state index contributed by atoms with van der Waals surface area (Å²) in [6, 6.07) is -0.480. The van der Waals surface area contributed by atoms with Crippen molar-refractivity contribution in [3.8, 4) is 0 Å². The summed E-state index contributed by atoms with van der Waals surface area (Å²) in [6.07, 6.45) is 2.54. The first kappa shape index (κ1) is 20.1. The highest BCUT2D eigenvalue weighted by Gasteiger charge is 2.53. The van der Waals surface area contributed by atoms with Crippen molar-refractivity contribution >= 4 is 17.8 Å². The lowest BCUT2D eigenvalue weighted by Gasteiger charge is -2.40. The van der Waals surface area contributed by atoms with Crippen LogP contribution in [0.2, 0.25) is 0 Å². The molecule has 2 heterocycles. The van der Waals surface area contributed by atoms with Crippen molar-refractivity contribution in [2.45, 2.75) is 58.1 Å². The van der Waals surface area contributed by atoms with Crippen LogP contribution in [0.3, 0.4) is 0 Å². The van der Waals surface area contributed by atoms with Crippen LogP contribution in [0.25, 0.3) is 0 Å². The fourth-order valence-corrected chi connectivity index (χ4v) is 4.51. The smallest absolute Gasteiger partial charge is 0.325 e. The van der Waals surface area contributed by atoms with Gasteiger partial charge in [0.05, 0.1) is 6.10 Å². The third kappa shape index (κ3) is 4.11. The zero-order valence-electron chi connectivity index (χ0n) is 16.5. The molecule has 4 N–H and O–H groups in total. The van der Waals surface area contributed by atoms with Crippen LogP contribution in [0.15, 0.2) is 0 Å². The molecule has 8 heteroatoms. The maximum absolute atomic E-state index is 12.9. The number of aliphatic hydroxyl groups is 1. The molecular formula is C19H32N4O4. The molecule has 2 saturated heterocycles. The van der Waals surface area contributed by atoms with Gasteiger partial charge in [0.15, 0.2) is 0 Å². The van der Waals surface area contributed by atoms with Gasteiger partial charge in [0, 0.05) is 25.6 Å². The Kier molecular flexibility index (Phi) is 5.49. The molecule has 1 spiro atoms. The molecule has 1 saturated carbocycles. The van der Waals surface area contributed by atoms with E-state index in [0.717, 1.165) is 17.7 Å². The van der Waals surface area contributed by atoms with Gasteiger partial charge < -0.3 is 21.1 Å². The quantitative estimate of drug-likeness (QED) is 0.521. The molecule has 3 fully saturated rings. The normalized spacial score (nSPS) is 34.2. The SMILES string of the molecule is CC(C)(C)C1CCC2(CC1)NC(=O)N(CC(=O)NCC1CNCC1O)C2=O. The lowest BCUT2D eigenvalue weighted by molar-refractivity contribution is -0.136. The average Bonchev–Trinajstić information content (AvgIpc) is 3.09. The average molecular weight is 380 g/mol. The topological polar surface area (TPSA) is 111 Å². The largest absolute Gasteiger partial charge is 0.391 e. The molecule has 4 amide bonds. The molecule has 152 valence electrons. The fraction of sp³-hybridized carbons (Fsp3) is 0.842. The molecule has 27 heavy (non-hydrogen) atoms. The van der Waals surface area contributed by atoms with Crippen molar-refractivity contribution in [1.82, 2.24) is 20.9 Å². The van der Waals surface area contributed by atoms with Crippen LogP contribution in [0.4, 0.5) is 4.79 Å². The van der Waals surface area contributed by atoms with E-state index >= 15 is 0 Å². The van der Waals surface area contributed by atoms with Crippen molar-refractivity contribution < 1.29 is 19.5 Å². The van der Waals surface area contributed by atoms with Gasteiger partial charge in [-0.15, -0.1) is 0 Å². The Hall–Kier alpha value is -1.67. The summed E-state index contributed by atoms with van der Waals surface area (Å²) >= 11 is 0. The molecule has 0 aromatic carbocycles. The zero-order valence-corrected chi connectivity index (χ0v) is 16.5. The molecule has 0 aromatic rings. The number of amides is 4. The maximum Gasteiger partial charge on any atom is 0.325 e. The van der Waals surface area contributed by atoms with Crippen LogP contribution in [0.1, 0.15) is 46.5 Å². The van der Waals surface area contributed by atoms with Crippen LogP contribution in [0.5, 0.6) is 0 Å². The third-order valence-corrected chi connectivity index (χ3v) is 6.48. The molecule has 0 aromatic heterocycles. The van der Waals surface area contributed by atoms with Gasteiger partial charge in [0.25, 0.3) is 5.91 Å². The second kappa shape index (κ2) is 7.39. The van der Waals surface area contributed by atoms with E-state index < -0.39 is 17.7 Å². The Bertz CT molecular complexity index is 607. The van der Waals surface area contributed by atoms with Crippen LogP contribution in [0, 0.1) is 17.3 Å². The number of urea groups is 1. The number of rotatable bonds is 4. The van der Waals surface area contributed by atoms with E-state index in [0.29, 0.717) is 38.4 Å². The van der Waals surface area contributed by atoms with E-state index in [-0.39, 0.29) is 29.7 Å². The van der Waals surface area contributed by atoms with Gasteiger partial charge in [-0.1, -0.05) is 20.8 Å². The summed E-state index contributed by atoms with van der Waals surface area (Å²) in [6.45, 7) is 7.84. The lowest BCUT2D eigenvalue weighted by atomic mass is 9.67. The summed E-state index contributed by atoms with van der Waals surface area (Å²) in [5, 5.41) is 18.4. The number of hydrogen-bond donors (Lipinski definition) is 4. The number of aliphatic hydroxyl groups excluding tert-OH is 1. The number of carbonyl (C=O) groups is 3. The van der Waals surface area contributed by atoms with Gasteiger partial charge in [0.2, 0.25) is 5.91 Å². The first-order valence-electron chi connectivity index (χ1n) is 9.92. The van der Waals surface area contributed by atoms with Crippen LogP contribution >= 0.6 is 0 Å². The van der Waals surface area contributed by atoms with Gasteiger partial charge in [-0.05, 0) is 37.0 Å². The van der Waals surface area contributed by atoms with Gasteiger partial charge in [-0.3, -0.25) is 14.5 Å². The zero-order chi connectivity index (χ0) is 19.8. The summed E-state index contributed by atoms with van der Waals surface area (Å²) in [5.41, 5.74) is -0.656. The monoisotopic (exact) mass is 380 g/mol. The molecule has 2 aliphatic heterocycles. The molecule has 0 radical (unpaired) electrons. The van der Waals surface area contributed by atoms with Crippen LogP contribution in [-0.2, 0) is 9.59 Å². The molecule has 2 atom stereocenters. The second-order valence-electron chi connectivity index (χ2n) is 9.33. The van der Waals surface area contributed by atoms with Gasteiger partial charge in [-0.25, -0.2) is 4.79 Å². The number of nitrogens with one attached hydrogen (secondary N) is 3. The number of nitrogens with zero attached hydrogens (tertiary/aromatic N) is 1. The number of carbonyl (C=O) groups excluding carboxylic acids is 3. The van der Waals surface area contributed by atoms with Crippen LogP contribution < -0.4 is 16.0 Å². The van der Waals surface area contributed by atoms with E-state index in [1.165, 1.54) is 0 Å². The number of hydrogen-bond acceptors (Lipinski definition) is 5. The first-order valence-corrected chi connectivity index (χ1v) is 9.92. The van der Waals surface area contributed by atoms with Crippen LogP contribution in [-0.4, -0.2) is 65.7 Å². The molecule has 3 aliphatic rings. The summed E-state index contributed by atoms with van der Waals surface area (Å²) in [7, 11) is 0. The number of imide groups is 1. The second-order valence-corrected chi connectivity index (χ2v) is 9.33.